The summed E-state index contributed by atoms with van der Waals surface area (Å²) in [7, 11) is 5.83. The SMILES string of the molecule is COc1cc(/C=C\c2cc(F)c(OC)c(N=CCC(=O)c3ccccc3[N+](=O)[O-])c2)cc(OC)c1OC. The number of ketones is 1. The number of hydrogen-bond acceptors (Lipinski definition) is 8. The molecule has 0 unspecified atom stereocenters. The maximum atomic E-state index is 14.7. The molecule has 0 fully saturated rings. The van der Waals surface area contributed by atoms with Gasteiger partial charge in [0, 0.05) is 18.7 Å². The van der Waals surface area contributed by atoms with Crippen molar-refractivity contribution in [2.45, 2.75) is 6.42 Å². The van der Waals surface area contributed by atoms with Gasteiger partial charge in [0.25, 0.3) is 5.69 Å². The van der Waals surface area contributed by atoms with Crippen molar-refractivity contribution in [1.82, 2.24) is 0 Å². The summed E-state index contributed by atoms with van der Waals surface area (Å²) in [4.78, 5) is 27.3. The number of nitro benzene ring substituents is 1. The summed E-state index contributed by atoms with van der Waals surface area (Å²) in [5.41, 5.74) is 1.03. The molecule has 10 heteroatoms. The van der Waals surface area contributed by atoms with Gasteiger partial charge in [0.05, 0.1) is 38.9 Å². The molecule has 192 valence electrons. The van der Waals surface area contributed by atoms with Crippen LogP contribution in [0.2, 0.25) is 0 Å². The second-order valence-corrected chi connectivity index (χ2v) is 7.56. The molecule has 37 heavy (non-hydrogen) atoms. The molecule has 3 aromatic carbocycles. The summed E-state index contributed by atoms with van der Waals surface area (Å²) in [5.74, 6) is 0.150. The van der Waals surface area contributed by atoms with Crippen LogP contribution in [0.3, 0.4) is 0 Å². The van der Waals surface area contributed by atoms with Crippen LogP contribution in [-0.4, -0.2) is 45.4 Å². The molecular weight excluding hydrogens is 483 g/mol. The van der Waals surface area contributed by atoms with Gasteiger partial charge in [-0.3, -0.25) is 19.9 Å². The second-order valence-electron chi connectivity index (χ2n) is 7.56. The molecule has 0 saturated carbocycles. The van der Waals surface area contributed by atoms with Crippen LogP contribution in [0.4, 0.5) is 15.8 Å². The van der Waals surface area contributed by atoms with Gasteiger partial charge in [-0.05, 0) is 41.5 Å². The van der Waals surface area contributed by atoms with E-state index in [1.165, 1.54) is 58.9 Å². The van der Waals surface area contributed by atoms with Crippen LogP contribution in [0.15, 0.2) is 53.5 Å². The summed E-state index contributed by atoms with van der Waals surface area (Å²) in [5, 5.41) is 11.2. The number of halogens is 1. The predicted octanol–water partition coefficient (Wildman–Crippen LogP) is 5.91. The highest BCUT2D eigenvalue weighted by Crippen LogP contribution is 2.39. The molecule has 0 heterocycles. The van der Waals surface area contributed by atoms with Crippen molar-refractivity contribution in [3.63, 3.8) is 0 Å². The van der Waals surface area contributed by atoms with E-state index in [9.17, 15) is 19.3 Å². The minimum absolute atomic E-state index is 0.0286. The van der Waals surface area contributed by atoms with Gasteiger partial charge in [-0.1, -0.05) is 24.3 Å². The number of aliphatic imine (C=N–C) groups is 1. The van der Waals surface area contributed by atoms with Crippen LogP contribution >= 0.6 is 0 Å². The van der Waals surface area contributed by atoms with Crippen LogP contribution in [-0.2, 0) is 0 Å². The number of ether oxygens (including phenoxy) is 4. The highest BCUT2D eigenvalue weighted by Gasteiger charge is 2.18. The van der Waals surface area contributed by atoms with Gasteiger partial charge in [0.15, 0.2) is 28.8 Å². The fourth-order valence-electron chi connectivity index (χ4n) is 3.59. The molecule has 0 radical (unpaired) electrons. The van der Waals surface area contributed by atoms with Gasteiger partial charge < -0.3 is 18.9 Å². The number of para-hydroxylation sites is 1. The van der Waals surface area contributed by atoms with Gasteiger partial charge >= 0.3 is 0 Å². The second kappa shape index (κ2) is 12.3. The van der Waals surface area contributed by atoms with Crippen LogP contribution in [0.1, 0.15) is 27.9 Å². The van der Waals surface area contributed by atoms with E-state index in [1.54, 1.807) is 36.4 Å². The molecule has 0 aliphatic rings. The number of nitro groups is 1. The maximum Gasteiger partial charge on any atom is 0.280 e. The molecule has 0 atom stereocenters. The van der Waals surface area contributed by atoms with Gasteiger partial charge in [-0.15, -0.1) is 0 Å². The fourth-order valence-corrected chi connectivity index (χ4v) is 3.59. The molecular formula is C27H25FN2O7. The minimum atomic E-state index is -0.647. The Hall–Kier alpha value is -4.73. The van der Waals surface area contributed by atoms with E-state index in [0.29, 0.717) is 28.4 Å². The molecule has 3 rings (SSSR count). The van der Waals surface area contributed by atoms with Crippen molar-refractivity contribution in [3.05, 3.63) is 81.2 Å². The first kappa shape index (κ1) is 26.9. The quantitative estimate of drug-likeness (QED) is 0.104. The number of rotatable bonds is 11. The third-order valence-electron chi connectivity index (χ3n) is 5.31. The Morgan fingerprint density at radius 1 is 0.919 bits per heavy atom. The standard InChI is InChI=1S/C27H25FN2O7/c1-34-24-15-18(16-25(35-2)27(24)37-4)10-9-17-13-20(28)26(36-3)21(14-17)29-12-11-23(31)19-7-5-6-8-22(19)30(32)33/h5-10,12-16H,11H2,1-4H3/b10-9-,29-12?. The van der Waals surface area contributed by atoms with E-state index in [-0.39, 0.29) is 29.1 Å². The number of benzene rings is 3. The van der Waals surface area contributed by atoms with Crippen molar-refractivity contribution in [2.75, 3.05) is 28.4 Å². The van der Waals surface area contributed by atoms with Crippen molar-refractivity contribution < 1.29 is 33.1 Å². The van der Waals surface area contributed by atoms with Gasteiger partial charge in [-0.25, -0.2) is 4.39 Å². The molecule has 0 saturated heterocycles. The van der Waals surface area contributed by atoms with E-state index in [1.807, 2.05) is 0 Å². The van der Waals surface area contributed by atoms with E-state index in [2.05, 4.69) is 4.99 Å². The van der Waals surface area contributed by atoms with Crippen LogP contribution < -0.4 is 18.9 Å². The summed E-state index contributed by atoms with van der Waals surface area (Å²) in [6, 6.07) is 12.0. The molecule has 0 aliphatic carbocycles. The molecule has 0 aromatic heterocycles. The lowest BCUT2D eigenvalue weighted by molar-refractivity contribution is -0.385. The Balaban J connectivity index is 1.88. The van der Waals surface area contributed by atoms with E-state index >= 15 is 0 Å². The molecule has 0 spiro atoms. The molecule has 0 aliphatic heterocycles. The Morgan fingerprint density at radius 3 is 2.08 bits per heavy atom. The number of nitrogens with zero attached hydrogens (tertiary/aromatic N) is 2. The fraction of sp³-hybridized carbons (Fsp3) is 0.185. The molecule has 0 N–H and O–H groups in total. The van der Waals surface area contributed by atoms with Crippen LogP contribution in [0.5, 0.6) is 23.0 Å². The molecule has 0 amide bonds. The van der Waals surface area contributed by atoms with E-state index in [4.69, 9.17) is 18.9 Å². The van der Waals surface area contributed by atoms with Crippen molar-refractivity contribution in [3.8, 4) is 23.0 Å². The lowest BCUT2D eigenvalue weighted by Gasteiger charge is -2.13. The highest BCUT2D eigenvalue weighted by atomic mass is 19.1. The van der Waals surface area contributed by atoms with Crippen LogP contribution in [0, 0.1) is 15.9 Å². The van der Waals surface area contributed by atoms with Crippen molar-refractivity contribution >= 4 is 35.5 Å². The first-order valence-electron chi connectivity index (χ1n) is 11.0. The van der Waals surface area contributed by atoms with Gasteiger partial charge in [-0.2, -0.15) is 0 Å². The summed E-state index contributed by atoms with van der Waals surface area (Å²) in [6.07, 6.45) is 4.45. The number of hydrogen-bond donors (Lipinski definition) is 0. The van der Waals surface area contributed by atoms with Crippen molar-refractivity contribution in [1.29, 1.82) is 0 Å². The van der Waals surface area contributed by atoms with Crippen LogP contribution in [0.25, 0.3) is 12.2 Å². The molecule has 0 bridgehead atoms. The average molecular weight is 509 g/mol. The van der Waals surface area contributed by atoms with E-state index < -0.39 is 16.5 Å². The first-order chi connectivity index (χ1) is 17.8. The Bertz CT molecular complexity index is 1340. The topological polar surface area (TPSA) is 109 Å². The number of methoxy groups -OCH3 is 4. The predicted molar refractivity (Wildman–Crippen MR) is 138 cm³/mol. The maximum absolute atomic E-state index is 14.7. The Labute approximate surface area is 212 Å². The third-order valence-corrected chi connectivity index (χ3v) is 5.31. The minimum Gasteiger partial charge on any atom is -0.493 e. The zero-order chi connectivity index (χ0) is 26.9. The smallest absolute Gasteiger partial charge is 0.280 e. The lowest BCUT2D eigenvalue weighted by atomic mass is 10.1. The average Bonchev–Trinajstić information content (AvgIpc) is 2.90. The summed E-state index contributed by atoms with van der Waals surface area (Å²) in [6.45, 7) is 0. The van der Waals surface area contributed by atoms with Gasteiger partial charge in [0.2, 0.25) is 5.75 Å². The third kappa shape index (κ3) is 6.29. The van der Waals surface area contributed by atoms with E-state index in [0.717, 1.165) is 0 Å². The Kier molecular flexibility index (Phi) is 8.93. The number of carbonyl (C=O) groups is 1. The number of Topliss-reactive ketones (excluding diaryl/α,β-unsaturated/α-hetero) is 1. The normalized spacial score (nSPS) is 11.1. The van der Waals surface area contributed by atoms with Gasteiger partial charge in [0.1, 0.15) is 5.69 Å². The lowest BCUT2D eigenvalue weighted by Crippen LogP contribution is -2.04. The van der Waals surface area contributed by atoms with Crippen molar-refractivity contribution in [2.24, 2.45) is 4.99 Å². The highest BCUT2D eigenvalue weighted by molar-refractivity contribution is 6.06. The Morgan fingerprint density at radius 2 is 1.51 bits per heavy atom. The zero-order valence-electron chi connectivity index (χ0n) is 20.7. The summed E-state index contributed by atoms with van der Waals surface area (Å²) < 4.78 is 35.9. The summed E-state index contributed by atoms with van der Waals surface area (Å²) >= 11 is 0. The monoisotopic (exact) mass is 508 g/mol. The molecule has 9 nitrogen and oxygen atoms in total. The zero-order valence-corrected chi connectivity index (χ0v) is 20.7. The molecule has 3 aromatic rings. The number of carbonyl (C=O) groups excluding carboxylic acids is 1. The largest absolute Gasteiger partial charge is 0.493 e. The first-order valence-corrected chi connectivity index (χ1v) is 11.0.